The molecule has 14 heavy (non-hydrogen) atoms. The minimum Gasteiger partial charge on any atom is -0.423 e. The topological polar surface area (TPSA) is 64.1 Å². The first-order chi connectivity index (χ1) is 6.65. The molecule has 0 aliphatic heterocycles. The minimum atomic E-state index is 0.114. The Morgan fingerprint density at radius 1 is 1.57 bits per heavy atom. The average Bonchev–Trinajstić information content (AvgIpc) is 2.44. The van der Waals surface area contributed by atoms with Gasteiger partial charge < -0.3 is 10.2 Å². The third kappa shape index (κ3) is 1.78. The first kappa shape index (κ1) is 9.23. The van der Waals surface area contributed by atoms with Crippen molar-refractivity contribution in [1.82, 2.24) is 4.98 Å². The molecule has 6 heteroatoms. The lowest BCUT2D eigenvalue weighted by Crippen LogP contribution is -2.18. The lowest BCUT2D eigenvalue weighted by molar-refractivity contribution is 0.624. The molecule has 72 valence electrons. The van der Waals surface area contributed by atoms with E-state index >= 15 is 0 Å². The van der Waals surface area contributed by atoms with Crippen molar-refractivity contribution in [2.24, 2.45) is 5.73 Å². The van der Waals surface area contributed by atoms with Gasteiger partial charge in [-0.1, -0.05) is 11.6 Å². The van der Waals surface area contributed by atoms with Crippen LogP contribution in [0.2, 0.25) is 5.02 Å². The second kappa shape index (κ2) is 3.43. The zero-order valence-corrected chi connectivity index (χ0v) is 8.52. The number of nitrogens with two attached hydrogens (primary N) is 1. The number of hydrogen-bond acceptors (Lipinski definition) is 3. The van der Waals surface area contributed by atoms with Gasteiger partial charge in [-0.2, -0.15) is 4.98 Å². The van der Waals surface area contributed by atoms with Crippen molar-refractivity contribution >= 4 is 46.0 Å². The Morgan fingerprint density at radius 2 is 2.36 bits per heavy atom. The number of aromatic nitrogens is 1. The number of fused-ring (bicyclic) bond motifs is 1. The van der Waals surface area contributed by atoms with Gasteiger partial charge in [0, 0.05) is 5.02 Å². The number of anilines is 1. The predicted molar refractivity (Wildman–Crippen MR) is 59.4 cm³/mol. The number of hydrogen-bond donors (Lipinski definition) is 2. The number of nitrogens with zero attached hydrogens (tertiary/aromatic N) is 1. The number of nitrogens with one attached hydrogen (secondary N) is 1. The molecule has 1 aromatic carbocycles. The van der Waals surface area contributed by atoms with Gasteiger partial charge in [0.15, 0.2) is 10.7 Å². The van der Waals surface area contributed by atoms with Crippen LogP contribution >= 0.6 is 23.8 Å². The van der Waals surface area contributed by atoms with Gasteiger partial charge >= 0.3 is 6.01 Å². The Morgan fingerprint density at radius 3 is 3.07 bits per heavy atom. The summed E-state index contributed by atoms with van der Waals surface area (Å²) in [6.07, 6.45) is 0. The van der Waals surface area contributed by atoms with E-state index in [2.05, 4.69) is 22.5 Å². The number of rotatable bonds is 1. The molecule has 0 unspecified atom stereocenters. The van der Waals surface area contributed by atoms with Crippen molar-refractivity contribution in [3.05, 3.63) is 23.2 Å². The van der Waals surface area contributed by atoms with Crippen LogP contribution in [0.25, 0.3) is 11.1 Å². The molecule has 0 bridgehead atoms. The summed E-state index contributed by atoms with van der Waals surface area (Å²) >= 11 is 10.4. The Labute approximate surface area is 90.0 Å². The standard InChI is InChI=1S/C8H6ClN3OS/c9-4-1-2-6-5(3-4)11-8(13-6)12-7(10)14/h1-3H,(H3,10,11,12,14). The smallest absolute Gasteiger partial charge is 0.302 e. The highest BCUT2D eigenvalue weighted by Gasteiger charge is 2.05. The third-order valence-corrected chi connectivity index (χ3v) is 1.92. The van der Waals surface area contributed by atoms with Crippen molar-refractivity contribution in [1.29, 1.82) is 0 Å². The van der Waals surface area contributed by atoms with Crippen molar-refractivity contribution in [3.8, 4) is 0 Å². The van der Waals surface area contributed by atoms with E-state index in [4.69, 9.17) is 21.8 Å². The van der Waals surface area contributed by atoms with Crippen molar-refractivity contribution in [3.63, 3.8) is 0 Å². The fraction of sp³-hybridized carbons (Fsp3) is 0. The van der Waals surface area contributed by atoms with Gasteiger partial charge in [-0.25, -0.2) is 0 Å². The summed E-state index contributed by atoms with van der Waals surface area (Å²) in [5, 5.41) is 3.32. The summed E-state index contributed by atoms with van der Waals surface area (Å²) in [4.78, 5) is 4.08. The van der Waals surface area contributed by atoms with Gasteiger partial charge in [0.25, 0.3) is 0 Å². The van der Waals surface area contributed by atoms with Crippen LogP contribution in [0.5, 0.6) is 0 Å². The van der Waals surface area contributed by atoms with Crippen molar-refractivity contribution in [2.75, 3.05) is 5.32 Å². The van der Waals surface area contributed by atoms with Crippen molar-refractivity contribution < 1.29 is 4.42 Å². The highest BCUT2D eigenvalue weighted by atomic mass is 35.5. The molecule has 0 aliphatic rings. The largest absolute Gasteiger partial charge is 0.423 e. The van der Waals surface area contributed by atoms with E-state index in [0.29, 0.717) is 16.1 Å². The monoisotopic (exact) mass is 227 g/mol. The minimum absolute atomic E-state index is 0.114. The van der Waals surface area contributed by atoms with Gasteiger partial charge in [0.2, 0.25) is 0 Å². The molecule has 0 fully saturated rings. The maximum absolute atomic E-state index is 5.78. The molecule has 0 amide bonds. The van der Waals surface area contributed by atoms with Crippen LogP contribution in [0.4, 0.5) is 6.01 Å². The van der Waals surface area contributed by atoms with E-state index in [1.165, 1.54) is 0 Å². The van der Waals surface area contributed by atoms with E-state index in [9.17, 15) is 0 Å². The van der Waals surface area contributed by atoms with Crippen LogP contribution in [-0.2, 0) is 0 Å². The molecule has 2 aromatic rings. The van der Waals surface area contributed by atoms with E-state index in [-0.39, 0.29) is 11.1 Å². The highest BCUT2D eigenvalue weighted by Crippen LogP contribution is 2.21. The summed E-state index contributed by atoms with van der Waals surface area (Å²) in [5.41, 5.74) is 6.57. The van der Waals surface area contributed by atoms with Gasteiger partial charge in [0.05, 0.1) is 0 Å². The summed E-state index contributed by atoms with van der Waals surface area (Å²) in [6, 6.07) is 5.43. The van der Waals surface area contributed by atoms with Crippen LogP contribution in [-0.4, -0.2) is 10.1 Å². The number of oxazole rings is 1. The molecule has 0 atom stereocenters. The number of halogens is 1. The van der Waals surface area contributed by atoms with Crippen molar-refractivity contribution in [2.45, 2.75) is 0 Å². The predicted octanol–water partition coefficient (Wildman–Crippen LogP) is 2.14. The summed E-state index contributed by atoms with van der Waals surface area (Å²) < 4.78 is 5.29. The Hall–Kier alpha value is -1.33. The average molecular weight is 228 g/mol. The fourth-order valence-electron chi connectivity index (χ4n) is 1.06. The van der Waals surface area contributed by atoms with Gasteiger partial charge in [-0.15, -0.1) is 0 Å². The summed E-state index contributed by atoms with van der Waals surface area (Å²) in [6.45, 7) is 0. The summed E-state index contributed by atoms with van der Waals surface area (Å²) in [7, 11) is 0. The molecule has 4 nitrogen and oxygen atoms in total. The molecule has 0 saturated carbocycles. The van der Waals surface area contributed by atoms with Gasteiger partial charge in [-0.3, -0.25) is 5.32 Å². The van der Waals surface area contributed by atoms with Crippen LogP contribution in [0, 0.1) is 0 Å². The third-order valence-electron chi connectivity index (χ3n) is 1.58. The number of thiocarbonyl (C=S) groups is 1. The molecule has 0 aliphatic carbocycles. The van der Waals surface area contributed by atoms with Crippen LogP contribution < -0.4 is 11.1 Å². The van der Waals surface area contributed by atoms with E-state index in [0.717, 1.165) is 0 Å². The maximum atomic E-state index is 5.78. The first-order valence-electron chi connectivity index (χ1n) is 3.78. The van der Waals surface area contributed by atoms with E-state index < -0.39 is 0 Å². The first-order valence-corrected chi connectivity index (χ1v) is 4.56. The van der Waals surface area contributed by atoms with Gasteiger partial charge in [0.1, 0.15) is 5.52 Å². The lowest BCUT2D eigenvalue weighted by atomic mass is 10.3. The zero-order valence-electron chi connectivity index (χ0n) is 6.95. The molecule has 0 spiro atoms. The molecular formula is C8H6ClN3OS. The van der Waals surface area contributed by atoms with Gasteiger partial charge in [-0.05, 0) is 30.4 Å². The molecule has 2 rings (SSSR count). The molecule has 0 radical (unpaired) electrons. The molecular weight excluding hydrogens is 222 g/mol. The Bertz CT molecular complexity index is 496. The lowest BCUT2D eigenvalue weighted by Gasteiger charge is -1.93. The maximum Gasteiger partial charge on any atom is 0.302 e. The molecule has 0 saturated heterocycles. The summed E-state index contributed by atoms with van der Waals surface area (Å²) in [5.74, 6) is 0. The van der Waals surface area contributed by atoms with Crippen LogP contribution in [0.1, 0.15) is 0 Å². The second-order valence-electron chi connectivity index (χ2n) is 2.62. The van der Waals surface area contributed by atoms with E-state index in [1.54, 1.807) is 18.2 Å². The molecule has 3 N–H and O–H groups in total. The highest BCUT2D eigenvalue weighted by molar-refractivity contribution is 7.80. The SMILES string of the molecule is NC(=S)Nc1nc2cc(Cl)ccc2o1. The Kier molecular flexibility index (Phi) is 2.26. The van der Waals surface area contributed by atoms with E-state index in [1.807, 2.05) is 0 Å². The molecule has 1 aromatic heterocycles. The van der Waals surface area contributed by atoms with Crippen LogP contribution in [0.15, 0.2) is 22.6 Å². The second-order valence-corrected chi connectivity index (χ2v) is 3.50. The fourth-order valence-corrected chi connectivity index (χ4v) is 1.31. The molecule has 1 heterocycles. The zero-order chi connectivity index (χ0) is 10.1. The normalized spacial score (nSPS) is 10.4. The number of benzene rings is 1. The quantitative estimate of drug-likeness (QED) is 0.731. The van der Waals surface area contributed by atoms with Crippen LogP contribution in [0.3, 0.4) is 0 Å². The Balaban J connectivity index is 2.46.